The molecule has 1 heterocycles. The van der Waals surface area contributed by atoms with E-state index in [1.807, 2.05) is 0 Å². The molecule has 0 aliphatic rings. The molecule has 0 amide bonds. The lowest BCUT2D eigenvalue weighted by molar-refractivity contribution is -0.275. The normalized spacial score (nSPS) is 11.4. The van der Waals surface area contributed by atoms with Gasteiger partial charge in [-0.1, -0.05) is 0 Å². The van der Waals surface area contributed by atoms with Gasteiger partial charge in [-0.15, -0.1) is 24.8 Å². The number of aromatic carboxylic acids is 1. The number of halogens is 5. The van der Waals surface area contributed by atoms with Crippen LogP contribution in [0.15, 0.2) is 6.07 Å². The van der Waals surface area contributed by atoms with Crippen LogP contribution in [0.4, 0.5) is 13.2 Å². The van der Waals surface area contributed by atoms with Crippen LogP contribution < -0.4 is 4.74 Å². The molecule has 1 aromatic heterocycles. The number of alkyl halides is 4. The lowest BCUT2D eigenvalue weighted by Crippen LogP contribution is -2.19. The highest BCUT2D eigenvalue weighted by molar-refractivity contribution is 14.1. The van der Waals surface area contributed by atoms with E-state index in [2.05, 4.69) is 9.72 Å². The zero-order valence-electron chi connectivity index (χ0n) is 7.89. The molecule has 0 aliphatic carbocycles. The summed E-state index contributed by atoms with van der Waals surface area (Å²) in [6.45, 7) is 0. The van der Waals surface area contributed by atoms with E-state index in [4.69, 9.17) is 16.7 Å². The number of nitrogens with zero attached hydrogens (tertiary/aromatic N) is 1. The highest BCUT2D eigenvalue weighted by atomic mass is 127. The van der Waals surface area contributed by atoms with Crippen molar-refractivity contribution in [3.8, 4) is 5.75 Å². The average molecular weight is 381 g/mol. The lowest BCUT2D eigenvalue weighted by Gasteiger charge is -2.12. The van der Waals surface area contributed by atoms with Crippen LogP contribution in [0.3, 0.4) is 0 Å². The van der Waals surface area contributed by atoms with Gasteiger partial charge < -0.3 is 9.84 Å². The van der Waals surface area contributed by atoms with E-state index in [-0.39, 0.29) is 20.8 Å². The summed E-state index contributed by atoms with van der Waals surface area (Å²) < 4.78 is 39.8. The summed E-state index contributed by atoms with van der Waals surface area (Å²) in [4.78, 5) is 14.4. The molecule has 1 aromatic rings. The first-order valence-corrected chi connectivity index (χ1v) is 5.60. The van der Waals surface area contributed by atoms with E-state index in [1.54, 1.807) is 22.6 Å². The van der Waals surface area contributed by atoms with Crippen molar-refractivity contribution in [2.24, 2.45) is 0 Å². The fourth-order valence-electron chi connectivity index (χ4n) is 0.967. The number of aromatic nitrogens is 1. The largest absolute Gasteiger partial charge is 0.573 e. The second kappa shape index (κ2) is 5.25. The van der Waals surface area contributed by atoms with E-state index in [0.717, 1.165) is 6.07 Å². The predicted molar refractivity (Wildman–Crippen MR) is 60.2 cm³/mol. The molecule has 0 saturated carbocycles. The average Bonchev–Trinajstić information content (AvgIpc) is 2.17. The number of ether oxygens (including phenoxy) is 1. The Morgan fingerprint density at radius 3 is 2.59 bits per heavy atom. The third-order valence-electron chi connectivity index (χ3n) is 1.60. The van der Waals surface area contributed by atoms with Gasteiger partial charge in [0.05, 0.1) is 17.1 Å². The van der Waals surface area contributed by atoms with Crippen molar-refractivity contribution in [2.75, 3.05) is 0 Å². The van der Waals surface area contributed by atoms with Crippen LogP contribution in [-0.2, 0) is 5.88 Å². The summed E-state index contributed by atoms with van der Waals surface area (Å²) in [6.07, 6.45) is -4.93. The molecule has 94 valence electrons. The molecule has 0 unspecified atom stereocenters. The Bertz CT molecular complexity index is 452. The topological polar surface area (TPSA) is 59.4 Å². The molecule has 0 spiro atoms. The molecule has 1 rings (SSSR count). The van der Waals surface area contributed by atoms with Crippen molar-refractivity contribution in [2.45, 2.75) is 12.2 Å². The summed E-state index contributed by atoms with van der Waals surface area (Å²) in [5, 5.41) is 8.74. The van der Waals surface area contributed by atoms with Crippen LogP contribution in [0.25, 0.3) is 0 Å². The van der Waals surface area contributed by atoms with E-state index in [0.29, 0.717) is 0 Å². The summed E-state index contributed by atoms with van der Waals surface area (Å²) in [5.41, 5.74) is -0.544. The maximum atomic E-state index is 12.0. The minimum atomic E-state index is -4.93. The number of carboxylic acids is 1. The first-order valence-electron chi connectivity index (χ1n) is 3.99. The van der Waals surface area contributed by atoms with Crippen molar-refractivity contribution in [1.29, 1.82) is 0 Å². The van der Waals surface area contributed by atoms with Gasteiger partial charge in [-0.25, -0.2) is 9.78 Å². The lowest BCUT2D eigenvalue weighted by atomic mass is 10.2. The van der Waals surface area contributed by atoms with E-state index < -0.39 is 18.1 Å². The van der Waals surface area contributed by atoms with Gasteiger partial charge in [-0.3, -0.25) is 0 Å². The van der Waals surface area contributed by atoms with Gasteiger partial charge in [0.2, 0.25) is 0 Å². The van der Waals surface area contributed by atoms with Gasteiger partial charge in [0.25, 0.3) is 0 Å². The van der Waals surface area contributed by atoms with E-state index >= 15 is 0 Å². The molecule has 0 saturated heterocycles. The number of hydrogen-bond acceptors (Lipinski definition) is 3. The predicted octanol–water partition coefficient (Wildman–Crippen LogP) is 3.02. The first-order chi connectivity index (χ1) is 7.74. The highest BCUT2D eigenvalue weighted by Crippen LogP contribution is 2.29. The third-order valence-corrected chi connectivity index (χ3v) is 2.67. The molecule has 1 N–H and O–H groups in total. The first kappa shape index (κ1) is 14.3. The maximum Gasteiger partial charge on any atom is 0.573 e. The van der Waals surface area contributed by atoms with Gasteiger partial charge in [0.15, 0.2) is 5.75 Å². The second-order valence-electron chi connectivity index (χ2n) is 2.76. The summed E-state index contributed by atoms with van der Waals surface area (Å²) >= 11 is 7.00. The van der Waals surface area contributed by atoms with E-state index in [9.17, 15) is 18.0 Å². The van der Waals surface area contributed by atoms with Gasteiger partial charge >= 0.3 is 12.3 Å². The highest BCUT2D eigenvalue weighted by Gasteiger charge is 2.33. The summed E-state index contributed by atoms with van der Waals surface area (Å²) in [6, 6.07) is 0.752. The van der Waals surface area contributed by atoms with Gasteiger partial charge in [-0.05, 0) is 28.7 Å². The van der Waals surface area contributed by atoms with Crippen molar-refractivity contribution in [1.82, 2.24) is 4.98 Å². The second-order valence-corrected chi connectivity index (χ2v) is 4.05. The van der Waals surface area contributed by atoms with Crippen LogP contribution in [0.1, 0.15) is 16.1 Å². The van der Waals surface area contributed by atoms with Gasteiger partial charge in [0, 0.05) is 0 Å². The summed E-state index contributed by atoms with van der Waals surface area (Å²) in [5.74, 6) is -2.42. The molecule has 9 heteroatoms. The molecule has 0 bridgehead atoms. The molecule has 0 aliphatic heterocycles. The number of carbonyl (C=O) groups is 1. The standard InChI is InChI=1S/C8H4ClF3INO3/c9-2-4-5(17-8(10,11)12)1-3(7(15)16)6(13)14-4/h1H,2H2,(H,15,16). The molecule has 17 heavy (non-hydrogen) atoms. The Kier molecular flexibility index (Phi) is 4.42. The van der Waals surface area contributed by atoms with Crippen molar-refractivity contribution >= 4 is 40.2 Å². The molecule has 0 atom stereocenters. The zero-order chi connectivity index (χ0) is 13.2. The smallest absolute Gasteiger partial charge is 0.478 e. The molecule has 0 radical (unpaired) electrons. The Morgan fingerprint density at radius 2 is 2.18 bits per heavy atom. The number of carboxylic acid groups (broad SMARTS) is 1. The van der Waals surface area contributed by atoms with Crippen LogP contribution in [0, 0.1) is 3.70 Å². The van der Waals surface area contributed by atoms with Crippen LogP contribution >= 0.6 is 34.2 Å². The Balaban J connectivity index is 3.26. The number of rotatable bonds is 3. The molecule has 0 fully saturated rings. The number of hydrogen-bond donors (Lipinski definition) is 1. The SMILES string of the molecule is O=C(O)c1cc(OC(F)(F)F)c(CCl)nc1I. The molecular weight excluding hydrogens is 377 g/mol. The Morgan fingerprint density at radius 1 is 1.59 bits per heavy atom. The zero-order valence-corrected chi connectivity index (χ0v) is 10.8. The third kappa shape index (κ3) is 3.87. The number of pyridine rings is 1. The van der Waals surface area contributed by atoms with Crippen LogP contribution in [0.5, 0.6) is 5.75 Å². The van der Waals surface area contributed by atoms with E-state index in [1.165, 1.54) is 0 Å². The summed E-state index contributed by atoms with van der Waals surface area (Å²) in [7, 11) is 0. The minimum Gasteiger partial charge on any atom is -0.478 e. The van der Waals surface area contributed by atoms with Gasteiger partial charge in [0.1, 0.15) is 3.70 Å². The van der Waals surface area contributed by atoms with Crippen LogP contribution in [0.2, 0.25) is 0 Å². The van der Waals surface area contributed by atoms with Crippen molar-refractivity contribution in [3.63, 3.8) is 0 Å². The monoisotopic (exact) mass is 381 g/mol. The van der Waals surface area contributed by atoms with Crippen molar-refractivity contribution < 1.29 is 27.8 Å². The molecule has 4 nitrogen and oxygen atoms in total. The van der Waals surface area contributed by atoms with Crippen LogP contribution in [-0.4, -0.2) is 22.4 Å². The Labute approximate surface area is 112 Å². The molecular formula is C8H4ClF3INO3. The quantitative estimate of drug-likeness (QED) is 0.497. The van der Waals surface area contributed by atoms with Crippen molar-refractivity contribution in [3.05, 3.63) is 21.0 Å². The fraction of sp³-hybridized carbons (Fsp3) is 0.250. The minimum absolute atomic E-state index is 0.0419. The fourth-order valence-corrected chi connectivity index (χ4v) is 1.84. The Hall–Kier alpha value is -0.770. The maximum absolute atomic E-state index is 12.0. The molecule has 0 aromatic carbocycles. The van der Waals surface area contributed by atoms with Gasteiger partial charge in [-0.2, -0.15) is 0 Å².